The van der Waals surface area contributed by atoms with Crippen LogP contribution in [0.3, 0.4) is 0 Å². The van der Waals surface area contributed by atoms with Gasteiger partial charge in [-0.2, -0.15) is 0 Å². The van der Waals surface area contributed by atoms with Crippen molar-refractivity contribution in [3.05, 3.63) is 0 Å². The lowest BCUT2D eigenvalue weighted by molar-refractivity contribution is -0.319. The van der Waals surface area contributed by atoms with Crippen molar-refractivity contribution in [2.75, 3.05) is 7.05 Å². The normalized spacial score (nSPS) is 37.1. The molecule has 0 aliphatic carbocycles. The molecule has 0 saturated carbocycles. The molecule has 5 N–H and O–H groups in total. The summed E-state index contributed by atoms with van der Waals surface area (Å²) in [5.74, 6) is -3.54. The average Bonchev–Trinajstić information content (AvgIpc) is 2.44. The summed E-state index contributed by atoms with van der Waals surface area (Å²) < 4.78 is 17.9. The van der Waals surface area contributed by atoms with Crippen LogP contribution in [0.5, 0.6) is 0 Å². The van der Waals surface area contributed by atoms with E-state index in [0.717, 1.165) is 0 Å². The highest BCUT2D eigenvalue weighted by Crippen LogP contribution is 2.34. The Morgan fingerprint density at radius 1 is 1.52 bits per heavy atom. The van der Waals surface area contributed by atoms with E-state index in [9.17, 15) is 25.2 Å². The third-order valence-electron chi connectivity index (χ3n) is 3.39. The van der Waals surface area contributed by atoms with Gasteiger partial charge in [0.05, 0.1) is 24.4 Å². The predicted molar refractivity (Wildman–Crippen MR) is 72.6 cm³/mol. The molecule has 0 aromatic rings. The third-order valence-corrected chi connectivity index (χ3v) is 3.39. The quantitative estimate of drug-likeness (QED) is 0.408. The molecule has 8 heteroatoms. The number of carbonyl (C=O) groups is 1. The maximum absolute atomic E-state index is 11.6. The van der Waals surface area contributed by atoms with E-state index in [2.05, 4.69) is 5.32 Å². The number of hydrogen-bond acceptors (Lipinski definition) is 7. The Morgan fingerprint density at radius 2 is 2.14 bits per heavy atom. The van der Waals surface area contributed by atoms with E-state index in [1.54, 1.807) is 13.8 Å². The van der Waals surface area contributed by atoms with Gasteiger partial charge < -0.3 is 35.2 Å². The highest BCUT2D eigenvalue weighted by atomic mass is 16.7. The molecule has 1 fully saturated rings. The molecule has 0 radical (unpaired) electrons. The van der Waals surface area contributed by atoms with Crippen molar-refractivity contribution in [1.29, 1.82) is 0 Å². The lowest BCUT2D eigenvalue weighted by Gasteiger charge is -2.46. The Morgan fingerprint density at radius 3 is 2.57 bits per heavy atom. The van der Waals surface area contributed by atoms with Crippen molar-refractivity contribution in [3.63, 3.8) is 0 Å². The fraction of sp³-hybridized carbons (Fsp3) is 0.923. The summed E-state index contributed by atoms with van der Waals surface area (Å²) in [5.41, 5.74) is 0. The molecule has 0 bridgehead atoms. The highest BCUT2D eigenvalue weighted by Gasteiger charge is 2.55. The van der Waals surface area contributed by atoms with E-state index in [4.69, 9.17) is 10.8 Å². The number of nitrogens with one attached hydrogen (secondary N) is 1. The molecule has 1 aliphatic heterocycles. The zero-order valence-corrected chi connectivity index (χ0v) is 12.4. The SMILES string of the molecule is [2H]CC(O)C(O)C1OC(OC(C)C)(C(=O)O)CC(O)C1NC. The van der Waals surface area contributed by atoms with Crippen LogP contribution in [-0.4, -0.2) is 75.8 Å². The van der Waals surface area contributed by atoms with E-state index in [1.165, 1.54) is 7.05 Å². The predicted octanol–water partition coefficient (Wildman–Crippen LogP) is -1.33. The van der Waals surface area contributed by atoms with Gasteiger partial charge in [-0.3, -0.25) is 0 Å². The summed E-state index contributed by atoms with van der Waals surface area (Å²) in [6.07, 6.45) is -6.22. The van der Waals surface area contributed by atoms with Crippen molar-refractivity contribution in [1.82, 2.24) is 5.32 Å². The largest absolute Gasteiger partial charge is 0.477 e. The first kappa shape index (κ1) is 16.6. The molecular weight excluding hydrogens is 282 g/mol. The van der Waals surface area contributed by atoms with Crippen LogP contribution >= 0.6 is 0 Å². The molecule has 21 heavy (non-hydrogen) atoms. The summed E-state index contributed by atoms with van der Waals surface area (Å²) in [7, 11) is 1.51. The zero-order chi connectivity index (χ0) is 17.1. The number of carboxylic acids is 1. The molecule has 0 spiro atoms. The molecule has 0 amide bonds. The molecule has 1 aliphatic rings. The number of rotatable bonds is 6. The monoisotopic (exact) mass is 308 g/mol. The van der Waals surface area contributed by atoms with Gasteiger partial charge in [-0.15, -0.1) is 0 Å². The van der Waals surface area contributed by atoms with Gasteiger partial charge in [-0.1, -0.05) is 0 Å². The fourth-order valence-corrected chi connectivity index (χ4v) is 2.46. The summed E-state index contributed by atoms with van der Waals surface area (Å²) >= 11 is 0. The summed E-state index contributed by atoms with van der Waals surface area (Å²) in [5, 5.41) is 42.2. The highest BCUT2D eigenvalue weighted by molar-refractivity contribution is 5.76. The van der Waals surface area contributed by atoms with Gasteiger partial charge >= 0.3 is 5.97 Å². The minimum absolute atomic E-state index is 0.327. The van der Waals surface area contributed by atoms with Crippen LogP contribution in [0.4, 0.5) is 0 Å². The smallest absolute Gasteiger partial charge is 0.364 e. The van der Waals surface area contributed by atoms with Crippen molar-refractivity contribution in [2.24, 2.45) is 0 Å². The topological polar surface area (TPSA) is 128 Å². The lowest BCUT2D eigenvalue weighted by atomic mass is 9.89. The second-order valence-corrected chi connectivity index (χ2v) is 5.45. The molecule has 1 heterocycles. The Labute approximate surface area is 125 Å². The molecule has 6 atom stereocenters. The van der Waals surface area contributed by atoms with Gasteiger partial charge in [0.1, 0.15) is 12.2 Å². The Bertz CT molecular complexity index is 383. The van der Waals surface area contributed by atoms with Gasteiger partial charge in [0.15, 0.2) is 0 Å². The first-order valence-electron chi connectivity index (χ1n) is 7.49. The minimum Gasteiger partial charge on any atom is -0.477 e. The number of hydrogen-bond donors (Lipinski definition) is 5. The Balaban J connectivity index is 3.13. The number of ether oxygens (including phenoxy) is 2. The second kappa shape index (κ2) is 6.99. The number of carboxylic acid groups (broad SMARTS) is 1. The molecule has 1 rings (SSSR count). The van der Waals surface area contributed by atoms with E-state index in [1.807, 2.05) is 0 Å². The van der Waals surface area contributed by atoms with Crippen LogP contribution in [0.1, 0.15) is 28.5 Å². The third kappa shape index (κ3) is 3.91. The van der Waals surface area contributed by atoms with Crippen LogP contribution in [-0.2, 0) is 14.3 Å². The van der Waals surface area contributed by atoms with Crippen molar-refractivity contribution in [2.45, 2.75) is 69.5 Å². The first-order valence-corrected chi connectivity index (χ1v) is 6.78. The Kier molecular flexibility index (Phi) is 5.53. The van der Waals surface area contributed by atoms with Gasteiger partial charge in [-0.25, -0.2) is 4.79 Å². The van der Waals surface area contributed by atoms with Crippen LogP contribution in [0.2, 0.25) is 0 Å². The van der Waals surface area contributed by atoms with Crippen LogP contribution < -0.4 is 5.32 Å². The lowest BCUT2D eigenvalue weighted by Crippen LogP contribution is -2.66. The molecular formula is C13H25NO7. The summed E-state index contributed by atoms with van der Waals surface area (Å²) in [6.45, 7) is 2.75. The van der Waals surface area contributed by atoms with Crippen LogP contribution in [0.25, 0.3) is 0 Å². The molecule has 8 nitrogen and oxygen atoms in total. The standard InChI is InChI=1S/C13H25NO7/c1-6(2)20-13(12(18)19)5-8(16)9(14-4)11(21-13)10(17)7(3)15/h6-11,14-17H,5H2,1-4H3,(H,18,19)/i3D. The molecule has 0 aromatic carbocycles. The molecule has 1 saturated heterocycles. The maximum atomic E-state index is 11.6. The second-order valence-electron chi connectivity index (χ2n) is 5.45. The van der Waals surface area contributed by atoms with E-state index in [0.29, 0.717) is 0 Å². The van der Waals surface area contributed by atoms with Crippen molar-refractivity contribution >= 4 is 5.97 Å². The van der Waals surface area contributed by atoms with Gasteiger partial charge in [0.2, 0.25) is 0 Å². The Hall–Kier alpha value is -0.770. The average molecular weight is 308 g/mol. The fourth-order valence-electron chi connectivity index (χ4n) is 2.46. The number of aliphatic hydroxyl groups is 3. The van der Waals surface area contributed by atoms with Gasteiger partial charge in [0, 0.05) is 7.79 Å². The van der Waals surface area contributed by atoms with Gasteiger partial charge in [-0.05, 0) is 27.8 Å². The van der Waals surface area contributed by atoms with Crippen molar-refractivity contribution < 1.29 is 36.1 Å². The number of aliphatic hydroxyl groups excluding tert-OH is 3. The first-order chi connectivity index (χ1) is 10.2. The van der Waals surface area contributed by atoms with E-state index < -0.39 is 55.2 Å². The van der Waals surface area contributed by atoms with Crippen LogP contribution in [0.15, 0.2) is 0 Å². The number of aliphatic carboxylic acids is 1. The van der Waals surface area contributed by atoms with E-state index in [-0.39, 0.29) is 6.42 Å². The van der Waals surface area contributed by atoms with Gasteiger partial charge in [0.25, 0.3) is 5.79 Å². The van der Waals surface area contributed by atoms with Crippen molar-refractivity contribution in [3.8, 4) is 0 Å². The molecule has 124 valence electrons. The molecule has 0 aromatic heterocycles. The summed E-state index contributed by atoms with van der Waals surface area (Å²) in [4.78, 5) is 11.6. The van der Waals surface area contributed by atoms with E-state index >= 15 is 0 Å². The maximum Gasteiger partial charge on any atom is 0.364 e. The number of likely N-dealkylation sites (N-methyl/N-ethyl adjacent to an activating group) is 1. The molecule has 6 unspecified atom stereocenters. The summed E-state index contributed by atoms with van der Waals surface area (Å²) in [6, 6.07) is -0.806. The zero-order valence-electron chi connectivity index (χ0n) is 13.4. The minimum atomic E-state index is -2.12. The van der Waals surface area contributed by atoms with Crippen LogP contribution in [0, 0.1) is 0 Å².